The second-order valence-electron chi connectivity index (χ2n) is 5.77. The number of amides is 2. The summed E-state index contributed by atoms with van der Waals surface area (Å²) in [4.78, 5) is 27.7. The van der Waals surface area contributed by atoms with E-state index in [2.05, 4.69) is 21.0 Å². The molecule has 28 heavy (non-hydrogen) atoms. The first kappa shape index (κ1) is 20.7. The van der Waals surface area contributed by atoms with E-state index in [1.165, 1.54) is 43.3 Å². The smallest absolute Gasteiger partial charge is 0.269 e. The van der Waals surface area contributed by atoms with Gasteiger partial charge in [0.15, 0.2) is 0 Å². The van der Waals surface area contributed by atoms with Gasteiger partial charge in [0.25, 0.3) is 11.8 Å². The van der Waals surface area contributed by atoms with Crippen molar-refractivity contribution in [1.82, 2.24) is 10.9 Å². The van der Waals surface area contributed by atoms with Gasteiger partial charge in [0.2, 0.25) is 5.69 Å². The van der Waals surface area contributed by atoms with E-state index in [0.29, 0.717) is 11.3 Å². The van der Waals surface area contributed by atoms with Crippen molar-refractivity contribution >= 4 is 34.8 Å². The molecule has 2 amide bonds. The summed E-state index contributed by atoms with van der Waals surface area (Å²) in [5.74, 6) is -1.26. The Kier molecular flexibility index (Phi) is 6.94. The highest BCUT2D eigenvalue weighted by Crippen LogP contribution is 2.28. The van der Waals surface area contributed by atoms with Crippen LogP contribution in [0.15, 0.2) is 42.5 Å². The maximum atomic E-state index is 12.4. The average molecular weight is 398 g/mol. The van der Waals surface area contributed by atoms with E-state index in [4.69, 9.17) is 23.4 Å². The number of anilines is 1. The van der Waals surface area contributed by atoms with Crippen molar-refractivity contribution in [1.29, 1.82) is 5.26 Å². The molecular weight excluding hydrogens is 382 g/mol. The van der Waals surface area contributed by atoms with Crippen molar-refractivity contribution in [3.8, 4) is 6.07 Å². The highest BCUT2D eigenvalue weighted by Gasteiger charge is 2.24. The van der Waals surface area contributed by atoms with Gasteiger partial charge < -0.3 is 10.4 Å². The third-order valence-corrected chi connectivity index (χ3v) is 4.03. The van der Waals surface area contributed by atoms with Crippen LogP contribution in [0.5, 0.6) is 0 Å². The summed E-state index contributed by atoms with van der Waals surface area (Å²) in [5, 5.41) is 21.7. The highest BCUT2D eigenvalue weighted by molar-refractivity contribution is 6.33. The fraction of sp³-hybridized carbons (Fsp3) is 0.158. The Labute approximate surface area is 166 Å². The molecule has 0 aromatic heterocycles. The number of nitriles is 1. The summed E-state index contributed by atoms with van der Waals surface area (Å²) in [6.07, 6.45) is -1.09. The summed E-state index contributed by atoms with van der Waals surface area (Å²) in [5.41, 5.74) is 5.84. The van der Waals surface area contributed by atoms with E-state index in [0.717, 1.165) is 0 Å². The van der Waals surface area contributed by atoms with Crippen molar-refractivity contribution in [2.45, 2.75) is 19.1 Å². The lowest BCUT2D eigenvalue weighted by Crippen LogP contribution is -2.52. The molecule has 142 valence electrons. The third-order valence-electron chi connectivity index (χ3n) is 3.73. The minimum atomic E-state index is -1.09. The lowest BCUT2D eigenvalue weighted by atomic mass is 10.1. The Bertz CT molecular complexity index is 961. The van der Waals surface area contributed by atoms with Gasteiger partial charge in [0, 0.05) is 16.3 Å². The van der Waals surface area contributed by atoms with Crippen LogP contribution < -0.4 is 16.2 Å². The van der Waals surface area contributed by atoms with Crippen LogP contribution in [-0.4, -0.2) is 29.1 Å². The molecular formula is C19H16ClN5O3. The number of aliphatic hydroxyl groups excluding tert-OH is 1. The summed E-state index contributed by atoms with van der Waals surface area (Å²) >= 11 is 5.97. The molecule has 9 heteroatoms. The molecule has 0 saturated carbocycles. The second-order valence-corrected chi connectivity index (χ2v) is 6.18. The predicted molar refractivity (Wildman–Crippen MR) is 104 cm³/mol. The van der Waals surface area contributed by atoms with Crippen molar-refractivity contribution in [3.63, 3.8) is 0 Å². The topological polar surface area (TPSA) is 119 Å². The Hall–Kier alpha value is -3.59. The Morgan fingerprint density at radius 1 is 1.21 bits per heavy atom. The van der Waals surface area contributed by atoms with Crippen LogP contribution in [0.1, 0.15) is 22.8 Å². The number of halogens is 1. The number of nitrogens with zero attached hydrogens (tertiary/aromatic N) is 2. The van der Waals surface area contributed by atoms with E-state index in [9.17, 15) is 14.7 Å². The molecule has 8 nitrogen and oxygen atoms in total. The number of aliphatic hydroxyl groups is 1. The molecule has 2 atom stereocenters. The second kappa shape index (κ2) is 9.38. The molecule has 0 spiro atoms. The van der Waals surface area contributed by atoms with Crippen molar-refractivity contribution < 1.29 is 14.7 Å². The van der Waals surface area contributed by atoms with Gasteiger partial charge >= 0.3 is 0 Å². The molecule has 2 rings (SSSR count). The fourth-order valence-electron chi connectivity index (χ4n) is 2.24. The Morgan fingerprint density at radius 3 is 2.43 bits per heavy atom. The number of carbonyl (C=O) groups excluding carboxylic acids is 2. The van der Waals surface area contributed by atoms with Gasteiger partial charge in [-0.3, -0.25) is 20.4 Å². The zero-order chi connectivity index (χ0) is 20.7. The number of hydrogen-bond acceptors (Lipinski definition) is 5. The molecule has 0 saturated heterocycles. The summed E-state index contributed by atoms with van der Waals surface area (Å²) < 4.78 is 0. The number of carbonyl (C=O) groups is 2. The van der Waals surface area contributed by atoms with Crippen LogP contribution in [0.3, 0.4) is 0 Å². The predicted octanol–water partition coefficient (Wildman–Crippen LogP) is 2.38. The van der Waals surface area contributed by atoms with Gasteiger partial charge in [-0.25, -0.2) is 4.85 Å². The molecule has 0 radical (unpaired) electrons. The molecule has 0 heterocycles. The first-order chi connectivity index (χ1) is 13.3. The quantitative estimate of drug-likeness (QED) is 0.456. The number of benzene rings is 2. The maximum absolute atomic E-state index is 12.4. The van der Waals surface area contributed by atoms with Crippen LogP contribution in [0, 0.1) is 17.9 Å². The zero-order valence-corrected chi connectivity index (χ0v) is 15.5. The zero-order valence-electron chi connectivity index (χ0n) is 14.7. The Morgan fingerprint density at radius 2 is 1.89 bits per heavy atom. The summed E-state index contributed by atoms with van der Waals surface area (Å²) in [6, 6.07) is 11.2. The first-order valence-electron chi connectivity index (χ1n) is 8.07. The first-order valence-corrected chi connectivity index (χ1v) is 8.45. The molecule has 2 aromatic rings. The van der Waals surface area contributed by atoms with Crippen LogP contribution >= 0.6 is 11.6 Å². The summed E-state index contributed by atoms with van der Waals surface area (Å²) in [7, 11) is 0. The molecule has 0 aliphatic heterocycles. The third kappa shape index (κ3) is 5.21. The van der Waals surface area contributed by atoms with Crippen molar-refractivity contribution in [3.05, 3.63) is 70.0 Å². The molecule has 0 bridgehead atoms. The highest BCUT2D eigenvalue weighted by atomic mass is 35.5. The van der Waals surface area contributed by atoms with Crippen LogP contribution in [-0.2, 0) is 4.79 Å². The lowest BCUT2D eigenvalue weighted by Gasteiger charge is -2.22. The van der Waals surface area contributed by atoms with Crippen LogP contribution in [0.4, 0.5) is 11.4 Å². The largest absolute Gasteiger partial charge is 0.391 e. The van der Waals surface area contributed by atoms with E-state index < -0.39 is 24.0 Å². The van der Waals surface area contributed by atoms with Gasteiger partial charge in [-0.1, -0.05) is 17.7 Å². The van der Waals surface area contributed by atoms with Crippen LogP contribution in [0.2, 0.25) is 5.02 Å². The van der Waals surface area contributed by atoms with Crippen LogP contribution in [0.25, 0.3) is 4.85 Å². The normalized spacial score (nSPS) is 12.0. The average Bonchev–Trinajstić information content (AvgIpc) is 2.69. The minimum Gasteiger partial charge on any atom is -0.391 e. The van der Waals surface area contributed by atoms with E-state index >= 15 is 0 Å². The van der Waals surface area contributed by atoms with Gasteiger partial charge in [-0.15, -0.1) is 0 Å². The van der Waals surface area contributed by atoms with Gasteiger partial charge in [-0.2, -0.15) is 5.26 Å². The van der Waals surface area contributed by atoms with Gasteiger partial charge in [0.05, 0.1) is 24.3 Å². The standard InChI is InChI=1S/C19H16ClN5O3/c1-11(26)17(23-14-7-8-16(22-2)15(20)9-14)19(28)25-24-18(27)13-5-3-12(10-21)4-6-13/h3-9,11,17,23,26H,1H3,(H,24,27)(H,25,28)/t11-,17+/m0/s1. The van der Waals surface area contributed by atoms with Gasteiger partial charge in [0.1, 0.15) is 6.04 Å². The van der Waals surface area contributed by atoms with E-state index in [-0.39, 0.29) is 16.3 Å². The van der Waals surface area contributed by atoms with E-state index in [1.54, 1.807) is 6.07 Å². The minimum absolute atomic E-state index is 0.207. The fourth-order valence-corrected chi connectivity index (χ4v) is 2.46. The van der Waals surface area contributed by atoms with Gasteiger partial charge in [-0.05, 0) is 43.3 Å². The van der Waals surface area contributed by atoms with Crippen molar-refractivity contribution in [2.24, 2.45) is 0 Å². The molecule has 2 aromatic carbocycles. The SMILES string of the molecule is [C-]#[N+]c1ccc(N[C@@H](C(=O)NNC(=O)c2ccc(C#N)cc2)[C@H](C)O)cc1Cl. The number of nitrogens with one attached hydrogen (secondary N) is 3. The van der Waals surface area contributed by atoms with Crippen molar-refractivity contribution in [2.75, 3.05) is 5.32 Å². The Balaban J connectivity index is 2.02. The molecule has 0 aliphatic rings. The summed E-state index contributed by atoms with van der Waals surface area (Å²) in [6.45, 7) is 8.39. The number of rotatable bonds is 5. The monoisotopic (exact) mass is 397 g/mol. The number of hydrogen-bond donors (Lipinski definition) is 4. The molecule has 0 aliphatic carbocycles. The van der Waals surface area contributed by atoms with E-state index in [1.807, 2.05) is 6.07 Å². The maximum Gasteiger partial charge on any atom is 0.269 e. The molecule has 0 fully saturated rings. The lowest BCUT2D eigenvalue weighted by molar-refractivity contribution is -0.124. The molecule has 4 N–H and O–H groups in total. The number of hydrazine groups is 1. The molecule has 0 unspecified atom stereocenters.